The van der Waals surface area contributed by atoms with E-state index in [1.165, 1.54) is 37.4 Å². The summed E-state index contributed by atoms with van der Waals surface area (Å²) in [7, 11) is 0. The van der Waals surface area contributed by atoms with Gasteiger partial charge in [-0.3, -0.25) is 4.79 Å². The lowest BCUT2D eigenvalue weighted by atomic mass is 9.78. The molecular formula is C15H24N2O2S. The van der Waals surface area contributed by atoms with Gasteiger partial charge in [-0.2, -0.15) is 0 Å². The van der Waals surface area contributed by atoms with Crippen molar-refractivity contribution >= 4 is 17.7 Å². The molecule has 0 spiro atoms. The molecule has 0 saturated heterocycles. The summed E-state index contributed by atoms with van der Waals surface area (Å²) in [6.45, 7) is 6.56. The second kappa shape index (κ2) is 6.66. The Hall–Kier alpha value is -0.970. The molecule has 2 rings (SSSR count). The molecule has 1 aromatic rings. The molecule has 112 valence electrons. The van der Waals surface area contributed by atoms with Crippen LogP contribution in [0.4, 0.5) is 0 Å². The molecular weight excluding hydrogens is 272 g/mol. The van der Waals surface area contributed by atoms with Gasteiger partial charge < -0.3 is 9.67 Å². The molecule has 1 aliphatic rings. The molecule has 1 saturated carbocycles. The molecule has 1 aliphatic carbocycles. The maximum absolute atomic E-state index is 10.8. The van der Waals surface area contributed by atoms with E-state index >= 15 is 0 Å². The molecule has 2 atom stereocenters. The van der Waals surface area contributed by atoms with E-state index < -0.39 is 5.97 Å². The maximum atomic E-state index is 10.8. The maximum Gasteiger partial charge on any atom is 0.313 e. The lowest BCUT2D eigenvalue weighted by Gasteiger charge is -2.35. The highest BCUT2D eigenvalue weighted by atomic mass is 32.2. The molecule has 0 aromatic carbocycles. The van der Waals surface area contributed by atoms with Gasteiger partial charge in [-0.1, -0.05) is 38.5 Å². The molecule has 0 amide bonds. The van der Waals surface area contributed by atoms with E-state index in [0.29, 0.717) is 17.9 Å². The van der Waals surface area contributed by atoms with E-state index in [2.05, 4.69) is 29.6 Å². The number of thioether (sulfide) groups is 1. The topological polar surface area (TPSA) is 55.1 Å². The Morgan fingerprint density at radius 3 is 2.85 bits per heavy atom. The fraction of sp³-hybridized carbons (Fsp3) is 0.733. The van der Waals surface area contributed by atoms with Crippen molar-refractivity contribution in [2.75, 3.05) is 5.75 Å². The fourth-order valence-electron chi connectivity index (χ4n) is 3.23. The Bertz CT molecular complexity index is 470. The third kappa shape index (κ3) is 3.57. The molecule has 0 radical (unpaired) electrons. The third-order valence-electron chi connectivity index (χ3n) is 4.14. The monoisotopic (exact) mass is 296 g/mol. The van der Waals surface area contributed by atoms with Gasteiger partial charge in [0.05, 0.1) is 11.4 Å². The number of carbonyl (C=O) groups is 1. The second-order valence-corrected chi connectivity index (χ2v) is 6.96. The van der Waals surface area contributed by atoms with Crippen LogP contribution in [0.5, 0.6) is 0 Å². The molecule has 5 heteroatoms. The number of rotatable bonds is 5. The van der Waals surface area contributed by atoms with Crippen LogP contribution < -0.4 is 0 Å². The fourth-order valence-corrected chi connectivity index (χ4v) is 4.03. The summed E-state index contributed by atoms with van der Waals surface area (Å²) in [6, 6.07) is 0.473. The van der Waals surface area contributed by atoms with Gasteiger partial charge in [-0.15, -0.1) is 0 Å². The van der Waals surface area contributed by atoms with Gasteiger partial charge in [0.25, 0.3) is 0 Å². The van der Waals surface area contributed by atoms with Crippen molar-refractivity contribution in [3.05, 3.63) is 11.9 Å². The first-order chi connectivity index (χ1) is 9.49. The number of hydrogen-bond donors (Lipinski definition) is 1. The van der Waals surface area contributed by atoms with Crippen molar-refractivity contribution in [3.8, 4) is 0 Å². The number of aryl methyl sites for hydroxylation is 1. The molecule has 4 nitrogen and oxygen atoms in total. The smallest absolute Gasteiger partial charge is 0.313 e. The highest BCUT2D eigenvalue weighted by Gasteiger charge is 2.30. The molecule has 2 unspecified atom stereocenters. The molecule has 1 N–H and O–H groups in total. The lowest BCUT2D eigenvalue weighted by Crippen LogP contribution is -2.27. The van der Waals surface area contributed by atoms with Crippen molar-refractivity contribution in [2.45, 2.75) is 57.7 Å². The first-order valence-electron chi connectivity index (χ1n) is 7.39. The normalized spacial score (nSPS) is 23.2. The molecule has 0 aliphatic heterocycles. The summed E-state index contributed by atoms with van der Waals surface area (Å²) in [5.41, 5.74) is 0.978. The highest BCUT2D eigenvalue weighted by Crippen LogP contribution is 2.40. The van der Waals surface area contributed by atoms with Crippen molar-refractivity contribution in [2.24, 2.45) is 11.8 Å². The third-order valence-corrected chi connectivity index (χ3v) is 5.09. The van der Waals surface area contributed by atoms with E-state index in [1.54, 1.807) is 0 Å². The summed E-state index contributed by atoms with van der Waals surface area (Å²) >= 11 is 1.34. The Balaban J connectivity index is 2.23. The number of carboxylic acid groups (broad SMARTS) is 1. The summed E-state index contributed by atoms with van der Waals surface area (Å²) in [5, 5.41) is 9.73. The van der Waals surface area contributed by atoms with Crippen LogP contribution in [0.1, 0.15) is 51.3 Å². The first kappa shape index (κ1) is 15.4. The van der Waals surface area contributed by atoms with E-state index in [0.717, 1.165) is 10.9 Å². The molecule has 0 bridgehead atoms. The van der Waals surface area contributed by atoms with Crippen LogP contribution in [0.2, 0.25) is 0 Å². The molecule has 1 fully saturated rings. The zero-order valence-electron chi connectivity index (χ0n) is 12.5. The number of imidazole rings is 1. The van der Waals surface area contributed by atoms with Crippen molar-refractivity contribution in [1.29, 1.82) is 0 Å². The predicted molar refractivity (Wildman–Crippen MR) is 81.2 cm³/mol. The minimum atomic E-state index is -0.786. The second-order valence-electron chi connectivity index (χ2n) is 6.01. The molecule has 1 heterocycles. The van der Waals surface area contributed by atoms with Gasteiger partial charge in [0, 0.05) is 12.2 Å². The van der Waals surface area contributed by atoms with E-state index in [-0.39, 0.29) is 5.75 Å². The van der Waals surface area contributed by atoms with Crippen LogP contribution in [0, 0.1) is 18.8 Å². The Labute approximate surface area is 125 Å². The van der Waals surface area contributed by atoms with E-state index in [1.807, 2.05) is 6.92 Å². The van der Waals surface area contributed by atoms with E-state index in [9.17, 15) is 4.79 Å². The van der Waals surface area contributed by atoms with Gasteiger partial charge in [-0.25, -0.2) is 4.98 Å². The summed E-state index contributed by atoms with van der Waals surface area (Å²) in [6.07, 6.45) is 7.11. The van der Waals surface area contributed by atoms with Gasteiger partial charge in [0.15, 0.2) is 5.16 Å². The van der Waals surface area contributed by atoms with Gasteiger partial charge in [0.2, 0.25) is 0 Å². The standard InChI is InChI=1S/C15H24N2O2S/c1-10(2)12-6-4-5-7-13(12)17-8-11(3)16-15(17)20-9-14(18)19/h8,10,12-13H,4-7,9H2,1-3H3,(H,18,19). The van der Waals surface area contributed by atoms with Crippen LogP contribution in [-0.2, 0) is 4.79 Å². The Morgan fingerprint density at radius 1 is 1.50 bits per heavy atom. The largest absolute Gasteiger partial charge is 0.481 e. The van der Waals surface area contributed by atoms with Gasteiger partial charge in [0.1, 0.15) is 0 Å². The zero-order valence-corrected chi connectivity index (χ0v) is 13.3. The average molecular weight is 296 g/mol. The number of hydrogen-bond acceptors (Lipinski definition) is 3. The average Bonchev–Trinajstić information content (AvgIpc) is 2.77. The van der Waals surface area contributed by atoms with Crippen LogP contribution in [0.25, 0.3) is 0 Å². The van der Waals surface area contributed by atoms with Crippen molar-refractivity contribution in [1.82, 2.24) is 9.55 Å². The van der Waals surface area contributed by atoms with Crippen LogP contribution in [0.3, 0.4) is 0 Å². The minimum Gasteiger partial charge on any atom is -0.481 e. The van der Waals surface area contributed by atoms with Crippen molar-refractivity contribution < 1.29 is 9.90 Å². The van der Waals surface area contributed by atoms with Crippen LogP contribution >= 0.6 is 11.8 Å². The summed E-state index contributed by atoms with van der Waals surface area (Å²) in [5.74, 6) is 0.614. The number of nitrogens with zero attached hydrogens (tertiary/aromatic N) is 2. The highest BCUT2D eigenvalue weighted by molar-refractivity contribution is 7.99. The Morgan fingerprint density at radius 2 is 2.20 bits per heavy atom. The van der Waals surface area contributed by atoms with E-state index in [4.69, 9.17) is 5.11 Å². The minimum absolute atomic E-state index is 0.0789. The first-order valence-corrected chi connectivity index (χ1v) is 8.37. The zero-order chi connectivity index (χ0) is 14.7. The number of aromatic nitrogens is 2. The number of carboxylic acids is 1. The van der Waals surface area contributed by atoms with Gasteiger partial charge >= 0.3 is 5.97 Å². The number of aliphatic carboxylic acids is 1. The van der Waals surface area contributed by atoms with Crippen LogP contribution in [0.15, 0.2) is 11.4 Å². The quantitative estimate of drug-likeness (QED) is 0.841. The molecule has 20 heavy (non-hydrogen) atoms. The van der Waals surface area contributed by atoms with Crippen LogP contribution in [-0.4, -0.2) is 26.4 Å². The van der Waals surface area contributed by atoms with Gasteiger partial charge in [-0.05, 0) is 31.6 Å². The van der Waals surface area contributed by atoms with Crippen molar-refractivity contribution in [3.63, 3.8) is 0 Å². The SMILES string of the molecule is Cc1cn(C2CCCCC2C(C)C)c(SCC(=O)O)n1. The molecule has 1 aromatic heterocycles. The lowest BCUT2D eigenvalue weighted by molar-refractivity contribution is -0.133. The Kier molecular flexibility index (Phi) is 5.13. The summed E-state index contributed by atoms with van der Waals surface area (Å²) in [4.78, 5) is 15.3. The summed E-state index contributed by atoms with van der Waals surface area (Å²) < 4.78 is 2.24. The predicted octanol–water partition coefficient (Wildman–Crippen LogP) is 3.76.